The molecule has 0 radical (unpaired) electrons. The Balaban J connectivity index is 1.45. The second-order valence-corrected chi connectivity index (χ2v) is 15.7. The number of nitrogens with one attached hydrogen (secondary N) is 4. The number of unbranched alkanes of at least 4 members (excludes halogenated alkanes) is 3. The van der Waals surface area contributed by atoms with Gasteiger partial charge in [-0.25, -0.2) is 4.79 Å². The molecule has 1 aromatic carbocycles. The maximum Gasteiger partial charge on any atom is 0.317 e. The molecule has 9 N–H and O–H groups in total. The minimum Gasteiger partial charge on any atom is -0.480 e. The minimum atomic E-state index is -1.31. The standard InChI is InChI=1S/C37H55N7O13S/c45-29(7-4-3-6-28-36-27(23-58-28)40-37(57)41-36)38-13-5-1-2-8-30(46)39-25-11-9-24(10-12-25)16-26(44(21-34(53)54)22-35(55)56)17-42(18-31(47)48)14-15-43(19-32(49)50)20-33(51)52/h9-12,26-28,36H,1-8,13-23H2,(H,38,45)(H,39,46)(H,47,48)(H,49,50)(H,51,52)(H,53,54)(H,55,56)(H2,40,41,57). The number of fused-ring (bicyclic) bond motifs is 1. The summed E-state index contributed by atoms with van der Waals surface area (Å²) >= 11 is 1.85. The van der Waals surface area contributed by atoms with Gasteiger partial charge in [0.25, 0.3) is 0 Å². The van der Waals surface area contributed by atoms with E-state index in [1.807, 2.05) is 11.8 Å². The highest BCUT2D eigenvalue weighted by Crippen LogP contribution is 2.33. The highest BCUT2D eigenvalue weighted by atomic mass is 32.2. The summed E-state index contributed by atoms with van der Waals surface area (Å²) in [4.78, 5) is 97.7. The molecule has 3 rings (SSSR count). The van der Waals surface area contributed by atoms with Crippen molar-refractivity contribution in [2.24, 2.45) is 0 Å². The normalized spacial score (nSPS) is 17.7. The largest absolute Gasteiger partial charge is 0.480 e. The van der Waals surface area contributed by atoms with Gasteiger partial charge >= 0.3 is 35.9 Å². The van der Waals surface area contributed by atoms with Crippen LogP contribution < -0.4 is 21.3 Å². The van der Waals surface area contributed by atoms with E-state index in [4.69, 9.17) is 0 Å². The first-order valence-electron chi connectivity index (χ1n) is 19.2. The van der Waals surface area contributed by atoms with Crippen LogP contribution in [0.25, 0.3) is 0 Å². The average Bonchev–Trinajstić information content (AvgIpc) is 3.68. The fourth-order valence-corrected chi connectivity index (χ4v) is 8.52. The molecule has 322 valence electrons. The number of rotatable bonds is 30. The average molecular weight is 838 g/mol. The van der Waals surface area contributed by atoms with Gasteiger partial charge in [0.05, 0.1) is 44.8 Å². The number of nitrogens with zero attached hydrogens (tertiary/aromatic N) is 3. The van der Waals surface area contributed by atoms with Crippen LogP contribution in [0.4, 0.5) is 10.5 Å². The maximum absolute atomic E-state index is 12.6. The van der Waals surface area contributed by atoms with Crippen molar-refractivity contribution in [3.63, 3.8) is 0 Å². The topological polar surface area (TPSA) is 296 Å². The molecule has 4 unspecified atom stereocenters. The lowest BCUT2D eigenvalue weighted by molar-refractivity contribution is -0.144. The van der Waals surface area contributed by atoms with Crippen LogP contribution in [0.3, 0.4) is 0 Å². The molecule has 0 aromatic heterocycles. The molecule has 2 fully saturated rings. The number of aliphatic carboxylic acids is 5. The zero-order valence-electron chi connectivity index (χ0n) is 32.3. The fourth-order valence-electron chi connectivity index (χ4n) is 6.97. The number of carboxylic acid groups (broad SMARTS) is 5. The van der Waals surface area contributed by atoms with E-state index in [-0.39, 0.29) is 62.4 Å². The predicted octanol–water partition coefficient (Wildman–Crippen LogP) is 0.268. The lowest BCUT2D eigenvalue weighted by Crippen LogP contribution is -2.51. The molecular weight excluding hydrogens is 783 g/mol. The molecule has 1 aromatic rings. The molecule has 4 amide bonds. The van der Waals surface area contributed by atoms with E-state index in [0.29, 0.717) is 35.9 Å². The van der Waals surface area contributed by atoms with Gasteiger partial charge < -0.3 is 46.8 Å². The Bertz CT molecular complexity index is 1550. The number of carbonyl (C=O) groups excluding carboxylic acids is 3. The van der Waals surface area contributed by atoms with Gasteiger partial charge in [-0.3, -0.25) is 48.3 Å². The quantitative estimate of drug-likeness (QED) is 0.0371. The van der Waals surface area contributed by atoms with Gasteiger partial charge in [0.2, 0.25) is 11.8 Å². The Morgan fingerprint density at radius 2 is 1.28 bits per heavy atom. The van der Waals surface area contributed by atoms with Crippen LogP contribution in [0.5, 0.6) is 0 Å². The van der Waals surface area contributed by atoms with Crippen molar-refractivity contribution in [3.05, 3.63) is 29.8 Å². The number of thioether (sulfide) groups is 1. The van der Waals surface area contributed by atoms with Gasteiger partial charge in [-0.15, -0.1) is 0 Å². The van der Waals surface area contributed by atoms with E-state index < -0.39 is 68.6 Å². The first-order chi connectivity index (χ1) is 27.6. The molecule has 2 heterocycles. The fraction of sp³-hybridized carbons (Fsp3) is 0.622. The molecule has 2 aliphatic heterocycles. The van der Waals surface area contributed by atoms with E-state index >= 15 is 0 Å². The Labute approximate surface area is 340 Å². The molecule has 0 aliphatic carbocycles. The summed E-state index contributed by atoms with van der Waals surface area (Å²) in [6.45, 7) is -3.04. The number of carbonyl (C=O) groups is 8. The van der Waals surface area contributed by atoms with Crippen LogP contribution in [-0.2, 0) is 40.0 Å². The number of carboxylic acids is 5. The third-order valence-corrected chi connectivity index (χ3v) is 11.2. The number of amides is 4. The van der Waals surface area contributed by atoms with Crippen molar-refractivity contribution >= 4 is 65.1 Å². The Morgan fingerprint density at radius 3 is 1.90 bits per heavy atom. The van der Waals surface area contributed by atoms with Crippen LogP contribution in [0.1, 0.15) is 56.9 Å². The molecule has 21 heteroatoms. The van der Waals surface area contributed by atoms with Crippen molar-refractivity contribution in [2.75, 3.05) is 70.0 Å². The van der Waals surface area contributed by atoms with Crippen molar-refractivity contribution < 1.29 is 63.9 Å². The Morgan fingerprint density at radius 1 is 0.707 bits per heavy atom. The van der Waals surface area contributed by atoms with Crippen LogP contribution in [0.15, 0.2) is 24.3 Å². The molecule has 0 saturated carbocycles. The first-order valence-corrected chi connectivity index (χ1v) is 20.2. The maximum atomic E-state index is 12.6. The van der Waals surface area contributed by atoms with Gasteiger partial charge in [0.15, 0.2) is 0 Å². The predicted molar refractivity (Wildman–Crippen MR) is 211 cm³/mol. The van der Waals surface area contributed by atoms with Crippen molar-refractivity contribution in [1.82, 2.24) is 30.7 Å². The zero-order valence-corrected chi connectivity index (χ0v) is 33.1. The second-order valence-electron chi connectivity index (χ2n) is 14.5. The summed E-state index contributed by atoms with van der Waals surface area (Å²) < 4.78 is 0. The van der Waals surface area contributed by atoms with Crippen LogP contribution in [-0.4, -0.2) is 176 Å². The number of hydrogen-bond donors (Lipinski definition) is 9. The smallest absolute Gasteiger partial charge is 0.317 e. The van der Waals surface area contributed by atoms with Gasteiger partial charge in [0, 0.05) is 61.8 Å². The lowest BCUT2D eigenvalue weighted by atomic mass is 10.0. The molecule has 58 heavy (non-hydrogen) atoms. The van der Waals surface area contributed by atoms with Gasteiger partial charge in [-0.1, -0.05) is 25.0 Å². The second kappa shape index (κ2) is 24.7. The SMILES string of the molecule is O=C(O)CN(CCN(CC(=O)O)CC(Cc1ccc(NC(=O)CCCCCNC(=O)CCCCC2SCC3NC(=O)NC32)cc1)N(CC(=O)O)CC(=O)O)CC(=O)O. The van der Waals surface area contributed by atoms with Crippen LogP contribution >= 0.6 is 11.8 Å². The number of urea groups is 1. The summed E-state index contributed by atoms with van der Waals surface area (Å²) in [5.74, 6) is -5.77. The summed E-state index contributed by atoms with van der Waals surface area (Å²) in [6, 6.07) is 6.00. The molecule has 2 saturated heterocycles. The van der Waals surface area contributed by atoms with E-state index in [9.17, 15) is 63.9 Å². The molecule has 4 atom stereocenters. The van der Waals surface area contributed by atoms with Crippen molar-refractivity contribution in [3.8, 4) is 0 Å². The van der Waals surface area contributed by atoms with E-state index in [1.165, 1.54) is 9.80 Å². The van der Waals surface area contributed by atoms with Crippen molar-refractivity contribution in [1.29, 1.82) is 0 Å². The minimum absolute atomic E-state index is 0.00771. The molecule has 20 nitrogen and oxygen atoms in total. The van der Waals surface area contributed by atoms with Crippen LogP contribution in [0.2, 0.25) is 0 Å². The molecule has 2 aliphatic rings. The summed E-state index contributed by atoms with van der Waals surface area (Å²) in [7, 11) is 0. The number of anilines is 1. The Hall–Kier alpha value is -4.99. The molecular formula is C37H55N7O13S. The highest BCUT2D eigenvalue weighted by molar-refractivity contribution is 8.00. The Kier molecular flexibility index (Phi) is 20.2. The zero-order chi connectivity index (χ0) is 42.6. The lowest BCUT2D eigenvalue weighted by Gasteiger charge is -2.34. The first kappa shape index (κ1) is 47.4. The summed E-state index contributed by atoms with van der Waals surface area (Å²) in [6.07, 6.45) is 5.46. The summed E-state index contributed by atoms with van der Waals surface area (Å²) in [5.41, 5.74) is 1.12. The molecule has 0 spiro atoms. The monoisotopic (exact) mass is 837 g/mol. The van der Waals surface area contributed by atoms with Crippen LogP contribution in [0, 0.1) is 0 Å². The van der Waals surface area contributed by atoms with Gasteiger partial charge in [0.1, 0.15) is 0 Å². The molecule has 0 bridgehead atoms. The summed E-state index contributed by atoms with van der Waals surface area (Å²) in [5, 5.41) is 59.0. The van der Waals surface area contributed by atoms with Crippen molar-refractivity contribution in [2.45, 2.75) is 81.2 Å². The van der Waals surface area contributed by atoms with E-state index in [2.05, 4.69) is 21.3 Å². The third kappa shape index (κ3) is 18.5. The highest BCUT2D eigenvalue weighted by Gasteiger charge is 2.42. The van der Waals surface area contributed by atoms with E-state index in [1.54, 1.807) is 24.3 Å². The van der Waals surface area contributed by atoms with Gasteiger partial charge in [-0.05, 0) is 49.8 Å². The van der Waals surface area contributed by atoms with Gasteiger partial charge in [-0.2, -0.15) is 11.8 Å². The van der Waals surface area contributed by atoms with E-state index in [0.717, 1.165) is 42.8 Å². The number of hydrogen-bond acceptors (Lipinski definition) is 12. The number of benzene rings is 1. The third-order valence-electron chi connectivity index (χ3n) is 9.66.